The van der Waals surface area contributed by atoms with Crippen LogP contribution in [0.5, 0.6) is 0 Å². The predicted octanol–water partition coefficient (Wildman–Crippen LogP) is 4.99. The molecule has 1 fully saturated rings. The normalized spacial score (nSPS) is 22.0. The smallest absolute Gasteiger partial charge is 0.161 e. The molecule has 1 aliphatic rings. The van der Waals surface area contributed by atoms with Crippen molar-refractivity contribution in [3.63, 3.8) is 0 Å². The van der Waals surface area contributed by atoms with E-state index in [4.69, 9.17) is 18.0 Å². The molecule has 0 unspecified atom stereocenters. The van der Waals surface area contributed by atoms with Crippen LogP contribution in [-0.4, -0.2) is 11.0 Å². The van der Waals surface area contributed by atoms with E-state index in [1.54, 1.807) is 12.1 Å². The van der Waals surface area contributed by atoms with Gasteiger partial charge in [-0.2, -0.15) is 0 Å². The number of nitrogens with one attached hydrogen (secondary N) is 1. The summed E-state index contributed by atoms with van der Waals surface area (Å²) in [5.74, 6) is 0.539. The second-order valence-electron chi connectivity index (χ2n) is 5.80. The maximum atomic E-state index is 14.4. The van der Waals surface area contributed by atoms with Crippen LogP contribution >= 0.6 is 28.1 Å². The largest absolute Gasteiger partial charge is 0.389 e. The van der Waals surface area contributed by atoms with E-state index in [0.717, 1.165) is 18.8 Å². The van der Waals surface area contributed by atoms with E-state index in [1.807, 2.05) is 0 Å². The van der Waals surface area contributed by atoms with E-state index >= 15 is 0 Å². The summed E-state index contributed by atoms with van der Waals surface area (Å²) in [5.41, 5.74) is 6.65. The number of benzene rings is 1. The van der Waals surface area contributed by atoms with Crippen LogP contribution in [0, 0.1) is 11.7 Å². The number of thiocarbonyl (C=S) groups is 1. The van der Waals surface area contributed by atoms with Gasteiger partial charge >= 0.3 is 0 Å². The average molecular weight is 373 g/mol. The fourth-order valence-electron chi connectivity index (χ4n) is 3.07. The third kappa shape index (κ3) is 4.16. The number of nitrogens with two attached hydrogens (primary N) is 1. The Morgan fingerprint density at radius 1 is 1.38 bits per heavy atom. The Morgan fingerprint density at radius 2 is 2.05 bits per heavy atom. The van der Waals surface area contributed by atoms with E-state index < -0.39 is 0 Å². The molecule has 0 saturated heterocycles. The van der Waals surface area contributed by atoms with Gasteiger partial charge < -0.3 is 11.1 Å². The minimum Gasteiger partial charge on any atom is -0.389 e. The lowest BCUT2D eigenvalue weighted by molar-refractivity contribution is 0.318. The van der Waals surface area contributed by atoms with Crippen molar-refractivity contribution in [3.05, 3.63) is 28.0 Å². The zero-order valence-corrected chi connectivity index (χ0v) is 14.7. The van der Waals surface area contributed by atoms with Crippen LogP contribution in [-0.2, 0) is 0 Å². The summed E-state index contributed by atoms with van der Waals surface area (Å²) in [4.78, 5) is 0.201. The summed E-state index contributed by atoms with van der Waals surface area (Å²) in [6.45, 7) is 2.24. The molecule has 1 aromatic carbocycles. The van der Waals surface area contributed by atoms with E-state index in [2.05, 4.69) is 28.2 Å². The molecule has 1 saturated carbocycles. The van der Waals surface area contributed by atoms with Crippen LogP contribution < -0.4 is 11.1 Å². The predicted molar refractivity (Wildman–Crippen MR) is 94.3 cm³/mol. The Bertz CT molecular complexity index is 513. The van der Waals surface area contributed by atoms with Gasteiger partial charge in [-0.1, -0.05) is 32.0 Å². The van der Waals surface area contributed by atoms with Gasteiger partial charge in [0.1, 0.15) is 4.99 Å². The Hall–Kier alpha value is -0.680. The highest BCUT2D eigenvalue weighted by Gasteiger charge is 2.22. The number of hydrogen-bond donors (Lipinski definition) is 2. The minimum absolute atomic E-state index is 0.201. The SMILES string of the molecule is CCCC1CCC(Nc2ccc(C(N)=S)c(Br)c2F)CC1. The maximum Gasteiger partial charge on any atom is 0.161 e. The molecule has 21 heavy (non-hydrogen) atoms. The highest BCUT2D eigenvalue weighted by molar-refractivity contribution is 9.10. The van der Waals surface area contributed by atoms with Crippen LogP contribution in [0.3, 0.4) is 0 Å². The molecule has 2 rings (SSSR count). The molecule has 1 aliphatic carbocycles. The fourth-order valence-corrected chi connectivity index (χ4v) is 3.94. The first-order valence-electron chi connectivity index (χ1n) is 7.57. The third-order valence-corrected chi connectivity index (χ3v) is 5.25. The molecule has 2 nitrogen and oxygen atoms in total. The second kappa shape index (κ2) is 7.54. The van der Waals surface area contributed by atoms with Crippen LogP contribution in [0.1, 0.15) is 51.0 Å². The summed E-state index contributed by atoms with van der Waals surface area (Å²) in [7, 11) is 0. The lowest BCUT2D eigenvalue weighted by Gasteiger charge is -2.30. The number of hydrogen-bond acceptors (Lipinski definition) is 2. The molecule has 0 aliphatic heterocycles. The van der Waals surface area contributed by atoms with Crippen LogP contribution in [0.2, 0.25) is 0 Å². The van der Waals surface area contributed by atoms with Crippen LogP contribution in [0.15, 0.2) is 16.6 Å². The first-order chi connectivity index (χ1) is 10.0. The highest BCUT2D eigenvalue weighted by Crippen LogP contribution is 2.32. The van der Waals surface area contributed by atoms with Crippen molar-refractivity contribution in [1.82, 2.24) is 0 Å². The number of halogens is 2. The van der Waals surface area contributed by atoms with E-state index in [1.165, 1.54) is 25.7 Å². The van der Waals surface area contributed by atoms with Gasteiger partial charge in [0.05, 0.1) is 10.2 Å². The minimum atomic E-state index is -0.309. The van der Waals surface area contributed by atoms with E-state index in [9.17, 15) is 4.39 Å². The molecule has 0 aromatic heterocycles. The third-order valence-electron chi connectivity index (χ3n) is 4.25. The first-order valence-corrected chi connectivity index (χ1v) is 8.77. The zero-order chi connectivity index (χ0) is 15.4. The molecule has 5 heteroatoms. The Kier molecular flexibility index (Phi) is 5.99. The Balaban J connectivity index is 2.01. The lowest BCUT2D eigenvalue weighted by atomic mass is 9.83. The molecule has 0 amide bonds. The van der Waals surface area contributed by atoms with Gasteiger partial charge in [-0.05, 0) is 59.7 Å². The lowest BCUT2D eigenvalue weighted by Crippen LogP contribution is -2.26. The summed E-state index contributed by atoms with van der Waals surface area (Å²) in [6, 6.07) is 3.85. The fraction of sp³-hybridized carbons (Fsp3) is 0.562. The summed E-state index contributed by atoms with van der Waals surface area (Å²) in [6.07, 6.45) is 7.26. The van der Waals surface area contributed by atoms with Gasteiger partial charge in [0.25, 0.3) is 0 Å². The molecular formula is C16H22BrFN2S. The highest BCUT2D eigenvalue weighted by atomic mass is 79.9. The summed E-state index contributed by atoms with van der Waals surface area (Å²) in [5, 5.41) is 3.33. The molecule has 0 atom stereocenters. The molecule has 0 radical (unpaired) electrons. The van der Waals surface area contributed by atoms with Gasteiger partial charge in [-0.3, -0.25) is 0 Å². The molecule has 0 spiro atoms. The first kappa shape index (κ1) is 16.7. The number of rotatable bonds is 5. The topological polar surface area (TPSA) is 38.0 Å². The molecule has 1 aromatic rings. The van der Waals surface area contributed by atoms with Gasteiger partial charge in [0.2, 0.25) is 0 Å². The van der Waals surface area contributed by atoms with Crippen molar-refractivity contribution in [1.29, 1.82) is 0 Å². The van der Waals surface area contributed by atoms with Crippen molar-refractivity contribution in [2.24, 2.45) is 11.7 Å². The van der Waals surface area contributed by atoms with Crippen molar-refractivity contribution >= 4 is 38.8 Å². The number of anilines is 1. The molecule has 116 valence electrons. The van der Waals surface area contributed by atoms with Crippen molar-refractivity contribution < 1.29 is 4.39 Å². The summed E-state index contributed by atoms with van der Waals surface area (Å²) < 4.78 is 14.7. The van der Waals surface area contributed by atoms with E-state index in [0.29, 0.717) is 21.8 Å². The maximum absolute atomic E-state index is 14.4. The molecular weight excluding hydrogens is 351 g/mol. The van der Waals surface area contributed by atoms with Gasteiger partial charge in [-0.25, -0.2) is 4.39 Å². The van der Waals surface area contributed by atoms with Crippen molar-refractivity contribution in [2.75, 3.05) is 5.32 Å². The van der Waals surface area contributed by atoms with Gasteiger partial charge in [0, 0.05) is 11.6 Å². The molecule has 0 bridgehead atoms. The monoisotopic (exact) mass is 372 g/mol. The standard InChI is InChI=1S/C16H22BrFN2S/c1-2-3-10-4-6-11(7-5-10)20-13-9-8-12(16(19)21)14(17)15(13)18/h8-11,20H,2-7H2,1H3,(H2,19,21). The van der Waals surface area contributed by atoms with Crippen molar-refractivity contribution in [2.45, 2.75) is 51.5 Å². The second-order valence-corrected chi connectivity index (χ2v) is 7.04. The Morgan fingerprint density at radius 3 is 2.62 bits per heavy atom. The van der Waals surface area contributed by atoms with Crippen molar-refractivity contribution in [3.8, 4) is 0 Å². The van der Waals surface area contributed by atoms with E-state index in [-0.39, 0.29) is 10.8 Å². The van der Waals surface area contributed by atoms with Gasteiger partial charge in [-0.15, -0.1) is 0 Å². The Labute approximate surface area is 139 Å². The molecule has 0 heterocycles. The quantitative estimate of drug-likeness (QED) is 0.714. The van der Waals surface area contributed by atoms with Crippen LogP contribution in [0.25, 0.3) is 0 Å². The van der Waals surface area contributed by atoms with Crippen LogP contribution in [0.4, 0.5) is 10.1 Å². The summed E-state index contributed by atoms with van der Waals surface area (Å²) >= 11 is 8.16. The average Bonchev–Trinajstić information content (AvgIpc) is 2.46. The zero-order valence-electron chi connectivity index (χ0n) is 12.3. The molecule has 3 N–H and O–H groups in total. The van der Waals surface area contributed by atoms with Gasteiger partial charge in [0.15, 0.2) is 5.82 Å².